The third kappa shape index (κ3) is 1.48. The number of hydrogen-bond acceptors (Lipinski definition) is 3. The van der Waals surface area contributed by atoms with Crippen molar-refractivity contribution in [2.45, 2.75) is 65.1 Å². The van der Waals surface area contributed by atoms with Crippen LogP contribution in [0.4, 0.5) is 0 Å². The van der Waals surface area contributed by atoms with Crippen molar-refractivity contribution in [3.63, 3.8) is 0 Å². The zero-order valence-corrected chi connectivity index (χ0v) is 12.4. The van der Waals surface area contributed by atoms with Crippen molar-refractivity contribution in [3.8, 4) is 0 Å². The molecule has 20 heavy (non-hydrogen) atoms. The summed E-state index contributed by atoms with van der Waals surface area (Å²) in [7, 11) is 0. The summed E-state index contributed by atoms with van der Waals surface area (Å²) in [5.74, 6) is 1.20. The average molecular weight is 275 g/mol. The van der Waals surface area contributed by atoms with Gasteiger partial charge in [0.15, 0.2) is 12.0 Å². The number of carbonyl (C=O) groups is 2. The maximum Gasteiger partial charge on any atom is 0.226 e. The molecule has 0 radical (unpaired) electrons. The molecule has 0 N–H and O–H groups in total. The van der Waals surface area contributed by atoms with Gasteiger partial charge in [0.1, 0.15) is 5.76 Å². The molecule has 0 aromatic heterocycles. The van der Waals surface area contributed by atoms with E-state index < -0.39 is 5.41 Å². The lowest BCUT2D eigenvalue weighted by molar-refractivity contribution is -0.135. The summed E-state index contributed by atoms with van der Waals surface area (Å²) >= 11 is 0. The van der Waals surface area contributed by atoms with Crippen molar-refractivity contribution in [2.75, 3.05) is 0 Å². The maximum atomic E-state index is 12.6. The summed E-state index contributed by atoms with van der Waals surface area (Å²) in [6.07, 6.45) is 3.73. The lowest BCUT2D eigenvalue weighted by Crippen LogP contribution is -2.40. The van der Waals surface area contributed by atoms with Crippen LogP contribution in [0.2, 0.25) is 0 Å². The smallest absolute Gasteiger partial charge is 0.226 e. The monoisotopic (exact) mass is 275 g/mol. The van der Waals surface area contributed by atoms with Crippen LogP contribution in [-0.4, -0.2) is 28.9 Å². The highest BCUT2D eigenvalue weighted by Crippen LogP contribution is 2.57. The predicted molar refractivity (Wildman–Crippen MR) is 72.5 cm³/mol. The van der Waals surface area contributed by atoms with Crippen LogP contribution < -0.4 is 0 Å². The molecule has 4 nitrogen and oxygen atoms in total. The molecule has 2 fully saturated rings. The SMILES string of the molecule is CC1(C)CC(=O)C2=C(C1)O[C@H]1N(C3CC3)C(=O)C[C@@]21C. The zero-order chi connectivity index (χ0) is 14.3. The van der Waals surface area contributed by atoms with Gasteiger partial charge in [-0.2, -0.15) is 0 Å². The minimum atomic E-state index is -0.414. The highest BCUT2D eigenvalue weighted by molar-refractivity contribution is 6.01. The molecule has 2 aliphatic heterocycles. The van der Waals surface area contributed by atoms with Gasteiger partial charge in [0, 0.05) is 30.9 Å². The third-order valence-corrected chi connectivity index (χ3v) is 5.21. The predicted octanol–water partition coefficient (Wildman–Crippen LogP) is 2.39. The molecule has 1 saturated carbocycles. The van der Waals surface area contributed by atoms with Gasteiger partial charge in [0.05, 0.1) is 5.41 Å². The summed E-state index contributed by atoms with van der Waals surface area (Å²) in [6.45, 7) is 6.26. The van der Waals surface area contributed by atoms with Crippen molar-refractivity contribution in [3.05, 3.63) is 11.3 Å². The Morgan fingerprint density at radius 1 is 1.10 bits per heavy atom. The van der Waals surface area contributed by atoms with Crippen LogP contribution in [0, 0.1) is 10.8 Å². The lowest BCUT2D eigenvalue weighted by atomic mass is 9.69. The number of nitrogens with zero attached hydrogens (tertiary/aromatic N) is 1. The van der Waals surface area contributed by atoms with Crippen LogP contribution in [0.1, 0.15) is 52.9 Å². The Kier molecular flexibility index (Phi) is 2.15. The van der Waals surface area contributed by atoms with Gasteiger partial charge in [0.25, 0.3) is 0 Å². The number of allylic oxidation sites excluding steroid dienone is 1. The van der Waals surface area contributed by atoms with E-state index in [2.05, 4.69) is 13.8 Å². The Morgan fingerprint density at radius 3 is 2.45 bits per heavy atom. The molecule has 0 aromatic carbocycles. The first-order chi connectivity index (χ1) is 9.32. The van der Waals surface area contributed by atoms with Crippen LogP contribution in [0.5, 0.6) is 0 Å². The van der Waals surface area contributed by atoms with E-state index in [1.54, 1.807) is 0 Å². The fourth-order valence-corrected chi connectivity index (χ4v) is 4.21. The van der Waals surface area contributed by atoms with Crippen molar-refractivity contribution in [2.24, 2.45) is 10.8 Å². The molecule has 1 saturated heterocycles. The number of fused-ring (bicyclic) bond motifs is 2. The highest BCUT2D eigenvalue weighted by Gasteiger charge is 2.62. The Balaban J connectivity index is 1.75. The van der Waals surface area contributed by atoms with Crippen LogP contribution >= 0.6 is 0 Å². The largest absolute Gasteiger partial charge is 0.473 e. The molecular weight excluding hydrogens is 254 g/mol. The van der Waals surface area contributed by atoms with E-state index in [4.69, 9.17) is 4.74 Å². The highest BCUT2D eigenvalue weighted by atomic mass is 16.5. The summed E-state index contributed by atoms with van der Waals surface area (Å²) in [5.41, 5.74) is 0.375. The molecule has 108 valence electrons. The maximum absolute atomic E-state index is 12.6. The van der Waals surface area contributed by atoms with E-state index in [-0.39, 0.29) is 23.3 Å². The first-order valence-electron chi connectivity index (χ1n) is 7.56. The number of Topliss-reactive ketones (excluding diaryl/α,β-unsaturated/α-hetero) is 1. The van der Waals surface area contributed by atoms with Gasteiger partial charge < -0.3 is 9.64 Å². The number of rotatable bonds is 1. The van der Waals surface area contributed by atoms with Crippen molar-refractivity contribution in [1.82, 2.24) is 4.90 Å². The second-order valence-corrected chi connectivity index (χ2v) is 7.84. The lowest BCUT2D eigenvalue weighted by Gasteiger charge is -2.30. The van der Waals surface area contributed by atoms with Crippen LogP contribution in [0.25, 0.3) is 0 Å². The van der Waals surface area contributed by atoms with E-state index >= 15 is 0 Å². The van der Waals surface area contributed by atoms with Gasteiger partial charge in [-0.3, -0.25) is 9.59 Å². The summed E-state index contributed by atoms with van der Waals surface area (Å²) in [4.78, 5) is 26.8. The number of amides is 1. The molecule has 4 aliphatic rings. The number of ketones is 1. The number of likely N-dealkylation sites (tertiary alicyclic amines) is 1. The Morgan fingerprint density at radius 2 is 1.80 bits per heavy atom. The molecule has 0 spiro atoms. The molecule has 2 heterocycles. The van der Waals surface area contributed by atoms with Gasteiger partial charge in [-0.15, -0.1) is 0 Å². The Labute approximate surface area is 119 Å². The molecule has 0 bridgehead atoms. The third-order valence-electron chi connectivity index (χ3n) is 5.21. The van der Waals surface area contributed by atoms with Crippen LogP contribution in [0.15, 0.2) is 11.3 Å². The molecule has 1 amide bonds. The van der Waals surface area contributed by atoms with Gasteiger partial charge >= 0.3 is 0 Å². The fraction of sp³-hybridized carbons (Fsp3) is 0.750. The van der Waals surface area contributed by atoms with E-state index in [0.717, 1.165) is 30.6 Å². The second-order valence-electron chi connectivity index (χ2n) is 7.84. The molecular formula is C16H21NO3. The van der Waals surface area contributed by atoms with E-state index in [0.29, 0.717) is 18.9 Å². The van der Waals surface area contributed by atoms with Gasteiger partial charge in [0.2, 0.25) is 5.91 Å². The van der Waals surface area contributed by atoms with Gasteiger partial charge in [-0.25, -0.2) is 0 Å². The van der Waals surface area contributed by atoms with Gasteiger partial charge in [-0.1, -0.05) is 13.8 Å². The number of ether oxygens (including phenoxy) is 1. The van der Waals surface area contributed by atoms with Crippen LogP contribution in [0.3, 0.4) is 0 Å². The Hall–Kier alpha value is -1.32. The molecule has 0 aromatic rings. The molecule has 4 rings (SSSR count). The van der Waals surface area contributed by atoms with E-state index in [1.807, 2.05) is 11.8 Å². The van der Waals surface area contributed by atoms with Crippen LogP contribution in [-0.2, 0) is 14.3 Å². The van der Waals surface area contributed by atoms with Crippen molar-refractivity contribution in [1.29, 1.82) is 0 Å². The number of carbonyl (C=O) groups excluding carboxylic acids is 2. The minimum Gasteiger partial charge on any atom is -0.473 e. The summed E-state index contributed by atoms with van der Waals surface area (Å²) in [5, 5.41) is 0. The standard InChI is InChI=1S/C16H21NO3/c1-15(2)6-10(18)13-11(7-15)20-14-16(13,3)8-12(19)17(14)9-4-5-9/h9,14H,4-8H2,1-3H3/t14-,16+/m1/s1. The average Bonchev–Trinajstić information content (AvgIpc) is 3.00. The van der Waals surface area contributed by atoms with Crippen molar-refractivity contribution < 1.29 is 14.3 Å². The normalized spacial score (nSPS) is 39.0. The molecule has 2 aliphatic carbocycles. The topological polar surface area (TPSA) is 46.6 Å². The van der Waals surface area contributed by atoms with Gasteiger partial charge in [-0.05, 0) is 25.2 Å². The number of hydrogen-bond donors (Lipinski definition) is 0. The fourth-order valence-electron chi connectivity index (χ4n) is 4.21. The summed E-state index contributed by atoms with van der Waals surface area (Å²) < 4.78 is 6.15. The second kappa shape index (κ2) is 3.46. The van der Waals surface area contributed by atoms with E-state index in [9.17, 15) is 9.59 Å². The first kappa shape index (κ1) is 12.4. The quantitative estimate of drug-likeness (QED) is 0.738. The first-order valence-corrected chi connectivity index (χ1v) is 7.56. The molecule has 4 heteroatoms. The van der Waals surface area contributed by atoms with Crippen molar-refractivity contribution >= 4 is 11.7 Å². The van der Waals surface area contributed by atoms with E-state index in [1.165, 1.54) is 0 Å². The molecule has 2 atom stereocenters. The molecule has 0 unspecified atom stereocenters. The summed E-state index contributed by atoms with van der Waals surface area (Å²) in [6, 6.07) is 0.346. The minimum absolute atomic E-state index is 0.0284. The zero-order valence-electron chi connectivity index (χ0n) is 12.4. The Bertz CT molecular complexity index is 558.